The van der Waals surface area contributed by atoms with Crippen molar-refractivity contribution in [3.8, 4) is 0 Å². The minimum atomic E-state index is -0.639. The molecular weight excluding hydrogens is 326 g/mol. The standard InChI is InChI=1S/C21H21N3O2/c1-24-19(25)16-15-12-22-21(17(16)20(24)26,14-10-6-3-7-11-14)18(23-15)13-8-4-2-5-9-13/h2-11,15-18,22-23H,12H2,1H3. The normalized spacial score (nSPS) is 35.7. The maximum Gasteiger partial charge on any atom is 0.235 e. The van der Waals surface area contributed by atoms with Crippen molar-refractivity contribution in [1.82, 2.24) is 15.5 Å². The van der Waals surface area contributed by atoms with Crippen LogP contribution in [-0.4, -0.2) is 36.3 Å². The summed E-state index contributed by atoms with van der Waals surface area (Å²) in [5, 5.41) is 7.37. The molecule has 0 aliphatic carbocycles. The monoisotopic (exact) mass is 347 g/mol. The highest BCUT2D eigenvalue weighted by atomic mass is 16.2. The molecule has 0 radical (unpaired) electrons. The number of imide groups is 1. The Morgan fingerprint density at radius 3 is 2.31 bits per heavy atom. The lowest BCUT2D eigenvalue weighted by atomic mass is 9.59. The summed E-state index contributed by atoms with van der Waals surface area (Å²) in [4.78, 5) is 27.2. The van der Waals surface area contributed by atoms with Crippen LogP contribution >= 0.6 is 0 Å². The maximum atomic E-state index is 13.1. The van der Waals surface area contributed by atoms with E-state index in [1.807, 2.05) is 36.4 Å². The van der Waals surface area contributed by atoms with Crippen LogP contribution in [0.15, 0.2) is 60.7 Å². The van der Waals surface area contributed by atoms with Gasteiger partial charge in [0.15, 0.2) is 0 Å². The van der Waals surface area contributed by atoms with Gasteiger partial charge in [0.25, 0.3) is 0 Å². The van der Waals surface area contributed by atoms with Gasteiger partial charge in [-0.3, -0.25) is 14.5 Å². The summed E-state index contributed by atoms with van der Waals surface area (Å²) >= 11 is 0. The van der Waals surface area contributed by atoms with Gasteiger partial charge in [0.1, 0.15) is 0 Å². The molecule has 2 aromatic carbocycles. The number of fused-ring (bicyclic) bond motifs is 2. The summed E-state index contributed by atoms with van der Waals surface area (Å²) in [6.45, 7) is 0.673. The zero-order valence-corrected chi connectivity index (χ0v) is 14.6. The van der Waals surface area contributed by atoms with Crippen molar-refractivity contribution < 1.29 is 9.59 Å². The van der Waals surface area contributed by atoms with Gasteiger partial charge in [-0.1, -0.05) is 60.7 Å². The highest BCUT2D eigenvalue weighted by molar-refractivity contribution is 6.06. The number of amides is 2. The van der Waals surface area contributed by atoms with Crippen molar-refractivity contribution in [3.63, 3.8) is 0 Å². The number of piperazine rings is 1. The average molecular weight is 347 g/mol. The first-order chi connectivity index (χ1) is 12.6. The second-order valence-electron chi connectivity index (χ2n) is 7.47. The summed E-state index contributed by atoms with van der Waals surface area (Å²) < 4.78 is 0. The molecule has 0 spiro atoms. The van der Waals surface area contributed by atoms with E-state index < -0.39 is 11.5 Å². The molecule has 132 valence electrons. The Balaban J connectivity index is 1.75. The van der Waals surface area contributed by atoms with Gasteiger partial charge in [-0.2, -0.15) is 0 Å². The highest BCUT2D eigenvalue weighted by Crippen LogP contribution is 2.54. The van der Waals surface area contributed by atoms with Gasteiger partial charge in [0.05, 0.1) is 23.4 Å². The molecule has 5 unspecified atom stereocenters. The first-order valence-corrected chi connectivity index (χ1v) is 9.07. The molecule has 4 aliphatic rings. The number of piperidine rings is 2. The topological polar surface area (TPSA) is 61.4 Å². The Kier molecular flexibility index (Phi) is 3.33. The molecule has 5 nitrogen and oxygen atoms in total. The quantitative estimate of drug-likeness (QED) is 0.807. The van der Waals surface area contributed by atoms with Crippen LogP contribution < -0.4 is 10.6 Å². The number of nitrogens with zero attached hydrogens (tertiary/aromatic N) is 1. The Morgan fingerprint density at radius 2 is 1.62 bits per heavy atom. The first-order valence-electron chi connectivity index (χ1n) is 9.07. The Labute approximate surface area is 152 Å². The maximum absolute atomic E-state index is 13.1. The van der Waals surface area contributed by atoms with Crippen molar-refractivity contribution in [2.75, 3.05) is 13.6 Å². The van der Waals surface area contributed by atoms with Gasteiger partial charge in [-0.05, 0) is 11.1 Å². The molecule has 26 heavy (non-hydrogen) atoms. The fraction of sp³-hybridized carbons (Fsp3) is 0.333. The predicted molar refractivity (Wildman–Crippen MR) is 97.0 cm³/mol. The van der Waals surface area contributed by atoms with Gasteiger partial charge in [0, 0.05) is 19.6 Å². The second kappa shape index (κ2) is 5.50. The summed E-state index contributed by atoms with van der Waals surface area (Å²) in [6.07, 6.45) is 0. The Hall–Kier alpha value is -2.50. The second-order valence-corrected chi connectivity index (χ2v) is 7.47. The van der Waals surface area contributed by atoms with Crippen LogP contribution in [0, 0.1) is 11.8 Å². The van der Waals surface area contributed by atoms with Crippen LogP contribution in [0.1, 0.15) is 17.2 Å². The van der Waals surface area contributed by atoms with E-state index in [1.165, 1.54) is 4.90 Å². The molecule has 5 atom stereocenters. The highest BCUT2D eigenvalue weighted by Gasteiger charge is 2.68. The van der Waals surface area contributed by atoms with E-state index in [4.69, 9.17) is 0 Å². The summed E-state index contributed by atoms with van der Waals surface area (Å²) in [5.74, 6) is -0.851. The van der Waals surface area contributed by atoms with Gasteiger partial charge < -0.3 is 10.6 Å². The molecule has 0 saturated carbocycles. The van der Waals surface area contributed by atoms with E-state index in [2.05, 4.69) is 34.9 Å². The van der Waals surface area contributed by atoms with Crippen LogP contribution in [0.5, 0.6) is 0 Å². The number of benzene rings is 2. The zero-order valence-electron chi connectivity index (χ0n) is 14.6. The molecule has 2 N–H and O–H groups in total. The number of hydrogen-bond acceptors (Lipinski definition) is 4. The fourth-order valence-corrected chi connectivity index (χ4v) is 5.19. The Morgan fingerprint density at radius 1 is 0.962 bits per heavy atom. The van der Waals surface area contributed by atoms with Crippen molar-refractivity contribution in [2.24, 2.45) is 11.8 Å². The smallest absolute Gasteiger partial charge is 0.235 e. The third-order valence-corrected chi connectivity index (χ3v) is 6.33. The molecule has 6 rings (SSSR count). The molecule has 4 heterocycles. The molecule has 2 aromatic rings. The number of carbonyl (C=O) groups is 2. The first kappa shape index (κ1) is 15.7. The van der Waals surface area contributed by atoms with Crippen molar-refractivity contribution in [1.29, 1.82) is 0 Å². The molecule has 4 aliphatic heterocycles. The van der Waals surface area contributed by atoms with Crippen LogP contribution in [0.25, 0.3) is 0 Å². The number of likely N-dealkylation sites (tertiary alicyclic amines) is 1. The van der Waals surface area contributed by atoms with Crippen LogP contribution in [-0.2, 0) is 15.1 Å². The van der Waals surface area contributed by atoms with Gasteiger partial charge >= 0.3 is 0 Å². The number of rotatable bonds is 2. The summed E-state index contributed by atoms with van der Waals surface area (Å²) in [6, 6.07) is 20.2. The van der Waals surface area contributed by atoms with Gasteiger partial charge in [0.2, 0.25) is 11.8 Å². The molecule has 2 bridgehead atoms. The summed E-state index contributed by atoms with van der Waals surface area (Å²) in [5.41, 5.74) is 1.53. The third-order valence-electron chi connectivity index (χ3n) is 6.33. The van der Waals surface area contributed by atoms with E-state index >= 15 is 0 Å². The third kappa shape index (κ3) is 1.87. The number of hydrogen-bond donors (Lipinski definition) is 2. The minimum absolute atomic E-state index is 0.0443. The molecule has 2 amide bonds. The lowest BCUT2D eigenvalue weighted by Gasteiger charge is -2.58. The SMILES string of the molecule is CN1C(=O)C2C3CNC(c4ccccc4)(C(c4ccccc4)N3)C2C1=O. The van der Waals surface area contributed by atoms with Crippen LogP contribution in [0.2, 0.25) is 0 Å². The fourth-order valence-electron chi connectivity index (χ4n) is 5.19. The Bertz CT molecular complexity index is 869. The van der Waals surface area contributed by atoms with Gasteiger partial charge in [-0.15, -0.1) is 0 Å². The lowest BCUT2D eigenvalue weighted by molar-refractivity contribution is -0.138. The number of nitrogens with one attached hydrogen (secondary N) is 2. The van der Waals surface area contributed by atoms with E-state index in [0.29, 0.717) is 6.54 Å². The average Bonchev–Trinajstić information content (AvgIpc) is 2.96. The zero-order chi connectivity index (χ0) is 17.9. The van der Waals surface area contributed by atoms with E-state index in [1.54, 1.807) is 7.05 Å². The largest absolute Gasteiger partial charge is 0.304 e. The minimum Gasteiger partial charge on any atom is -0.304 e. The predicted octanol–water partition coefficient (Wildman–Crippen LogP) is 1.43. The molecule has 4 saturated heterocycles. The van der Waals surface area contributed by atoms with Crippen LogP contribution in [0.3, 0.4) is 0 Å². The molecule has 0 aromatic heterocycles. The van der Waals surface area contributed by atoms with E-state index in [0.717, 1.165) is 11.1 Å². The number of carbonyl (C=O) groups excluding carboxylic acids is 2. The van der Waals surface area contributed by atoms with Gasteiger partial charge in [-0.25, -0.2) is 0 Å². The molecule has 4 fully saturated rings. The lowest BCUT2D eigenvalue weighted by Crippen LogP contribution is -2.75. The van der Waals surface area contributed by atoms with Crippen molar-refractivity contribution >= 4 is 11.8 Å². The van der Waals surface area contributed by atoms with Crippen molar-refractivity contribution in [3.05, 3.63) is 71.8 Å². The van der Waals surface area contributed by atoms with E-state index in [-0.39, 0.29) is 29.8 Å². The molecular formula is C21H21N3O2. The van der Waals surface area contributed by atoms with Crippen molar-refractivity contribution in [2.45, 2.75) is 17.6 Å². The summed E-state index contributed by atoms with van der Waals surface area (Å²) in [7, 11) is 1.61. The van der Waals surface area contributed by atoms with Crippen LogP contribution in [0.4, 0.5) is 0 Å². The van der Waals surface area contributed by atoms with E-state index in [9.17, 15) is 9.59 Å². The molecule has 5 heteroatoms.